The van der Waals surface area contributed by atoms with E-state index in [1.165, 1.54) is 18.4 Å². The molecule has 1 aliphatic rings. The lowest BCUT2D eigenvalue weighted by molar-refractivity contribution is 0.0697. The summed E-state index contributed by atoms with van der Waals surface area (Å²) in [6.45, 7) is 0.784. The predicted molar refractivity (Wildman–Crippen MR) is 82.4 cm³/mol. The summed E-state index contributed by atoms with van der Waals surface area (Å²) in [6, 6.07) is 17.6. The van der Waals surface area contributed by atoms with Crippen LogP contribution in [0.4, 0.5) is 0 Å². The van der Waals surface area contributed by atoms with Crippen LogP contribution in [0.2, 0.25) is 0 Å². The number of hydrogen-bond acceptors (Lipinski definition) is 2. The average molecular weight is 281 g/mol. The third kappa shape index (κ3) is 3.50. The number of nitrogens with one attached hydrogen (secondary N) is 1. The van der Waals surface area contributed by atoms with Gasteiger partial charge in [0.15, 0.2) is 0 Å². The Labute approximate surface area is 124 Å². The number of benzene rings is 2. The van der Waals surface area contributed by atoms with E-state index < -0.39 is 5.97 Å². The molecule has 2 aromatic rings. The van der Waals surface area contributed by atoms with Gasteiger partial charge in [-0.2, -0.15) is 0 Å². The summed E-state index contributed by atoms with van der Waals surface area (Å²) >= 11 is 0. The lowest BCUT2D eigenvalue weighted by atomic mass is 10.0. The first-order valence-corrected chi connectivity index (χ1v) is 7.28. The predicted octanol–water partition coefficient (Wildman–Crippen LogP) is 3.25. The fraction of sp³-hybridized carbons (Fsp3) is 0.278. The van der Waals surface area contributed by atoms with Crippen molar-refractivity contribution in [2.75, 3.05) is 0 Å². The van der Waals surface area contributed by atoms with Crippen LogP contribution in [0.3, 0.4) is 0 Å². The molecule has 0 bridgehead atoms. The van der Waals surface area contributed by atoms with Crippen molar-refractivity contribution in [3.63, 3.8) is 0 Å². The van der Waals surface area contributed by atoms with Crippen molar-refractivity contribution in [1.82, 2.24) is 5.32 Å². The number of rotatable bonds is 6. The third-order valence-electron chi connectivity index (χ3n) is 4.11. The Morgan fingerprint density at radius 2 is 1.67 bits per heavy atom. The van der Waals surface area contributed by atoms with E-state index in [1.54, 1.807) is 12.1 Å². The van der Waals surface area contributed by atoms with Crippen LogP contribution in [0.5, 0.6) is 0 Å². The minimum atomic E-state index is -0.878. The van der Waals surface area contributed by atoms with Crippen molar-refractivity contribution in [2.24, 2.45) is 0 Å². The first-order valence-electron chi connectivity index (χ1n) is 7.28. The van der Waals surface area contributed by atoms with Crippen molar-refractivity contribution < 1.29 is 9.90 Å². The number of carbonyl (C=O) groups is 1. The molecule has 108 valence electrons. The minimum Gasteiger partial charge on any atom is -0.478 e. The van der Waals surface area contributed by atoms with Crippen LogP contribution in [0.1, 0.15) is 34.3 Å². The maximum Gasteiger partial charge on any atom is 0.335 e. The maximum atomic E-state index is 10.8. The van der Waals surface area contributed by atoms with Crippen LogP contribution < -0.4 is 5.32 Å². The molecule has 1 aliphatic carbocycles. The summed E-state index contributed by atoms with van der Waals surface area (Å²) in [5, 5.41) is 12.5. The Morgan fingerprint density at radius 1 is 1.00 bits per heavy atom. The highest BCUT2D eigenvalue weighted by molar-refractivity contribution is 5.87. The van der Waals surface area contributed by atoms with Crippen molar-refractivity contribution in [2.45, 2.75) is 31.3 Å². The first kappa shape index (κ1) is 13.8. The van der Waals surface area contributed by atoms with Gasteiger partial charge in [0, 0.05) is 12.1 Å². The van der Waals surface area contributed by atoms with Gasteiger partial charge in [0.25, 0.3) is 0 Å². The van der Waals surface area contributed by atoms with E-state index in [1.807, 2.05) is 18.2 Å². The number of aromatic carboxylic acids is 1. The van der Waals surface area contributed by atoms with E-state index in [0.29, 0.717) is 5.56 Å². The minimum absolute atomic E-state index is 0.229. The van der Waals surface area contributed by atoms with Crippen molar-refractivity contribution in [3.8, 4) is 0 Å². The number of hydrogen-bond donors (Lipinski definition) is 2. The summed E-state index contributed by atoms with van der Waals surface area (Å²) < 4.78 is 0. The summed E-state index contributed by atoms with van der Waals surface area (Å²) in [5.74, 6) is -0.878. The van der Waals surface area contributed by atoms with Gasteiger partial charge >= 0.3 is 5.97 Å². The molecule has 0 amide bonds. The fourth-order valence-corrected chi connectivity index (χ4v) is 2.61. The normalized spacial score (nSPS) is 15.6. The molecule has 3 heteroatoms. The van der Waals surface area contributed by atoms with Crippen molar-refractivity contribution >= 4 is 5.97 Å². The molecule has 0 radical (unpaired) electrons. The number of carboxylic acids is 1. The molecule has 0 unspecified atom stereocenters. The summed E-state index contributed by atoms with van der Waals surface area (Å²) in [6.07, 6.45) is 3.46. The molecule has 0 spiro atoms. The smallest absolute Gasteiger partial charge is 0.335 e. The van der Waals surface area contributed by atoms with Gasteiger partial charge in [-0.1, -0.05) is 42.5 Å². The highest BCUT2D eigenvalue weighted by Gasteiger charge is 2.41. The summed E-state index contributed by atoms with van der Waals surface area (Å²) in [5.41, 5.74) is 3.06. The molecule has 3 rings (SSSR count). The van der Waals surface area contributed by atoms with Crippen LogP contribution in [0.25, 0.3) is 0 Å². The molecule has 3 nitrogen and oxygen atoms in total. The van der Waals surface area contributed by atoms with E-state index in [9.17, 15) is 4.79 Å². The van der Waals surface area contributed by atoms with Gasteiger partial charge in [0.2, 0.25) is 0 Å². The third-order valence-corrected chi connectivity index (χ3v) is 4.11. The Balaban J connectivity index is 1.58. The van der Waals surface area contributed by atoms with E-state index >= 15 is 0 Å². The summed E-state index contributed by atoms with van der Waals surface area (Å²) in [4.78, 5) is 10.8. The van der Waals surface area contributed by atoms with Gasteiger partial charge in [-0.15, -0.1) is 0 Å². The van der Waals surface area contributed by atoms with Gasteiger partial charge in [0.05, 0.1) is 5.56 Å². The molecule has 0 atom stereocenters. The molecule has 21 heavy (non-hydrogen) atoms. The molecule has 0 aliphatic heterocycles. The molecule has 0 saturated heterocycles. The van der Waals surface area contributed by atoms with Crippen LogP contribution in [-0.4, -0.2) is 16.6 Å². The molecule has 1 fully saturated rings. The summed E-state index contributed by atoms with van der Waals surface area (Å²) in [7, 11) is 0. The van der Waals surface area contributed by atoms with Gasteiger partial charge in [-0.25, -0.2) is 4.79 Å². The average Bonchev–Trinajstić information content (AvgIpc) is 3.27. The quantitative estimate of drug-likeness (QED) is 0.854. The Morgan fingerprint density at radius 3 is 2.24 bits per heavy atom. The van der Waals surface area contributed by atoms with Crippen LogP contribution >= 0.6 is 0 Å². The SMILES string of the molecule is O=C(O)c1ccc(CNC2(Cc3ccccc3)CC2)cc1. The van der Waals surface area contributed by atoms with E-state index in [4.69, 9.17) is 5.11 Å². The zero-order valence-electron chi connectivity index (χ0n) is 11.9. The second-order valence-corrected chi connectivity index (χ2v) is 5.80. The fourth-order valence-electron chi connectivity index (χ4n) is 2.61. The van der Waals surface area contributed by atoms with E-state index in [-0.39, 0.29) is 5.54 Å². The Bertz CT molecular complexity index is 615. The maximum absolute atomic E-state index is 10.8. The molecular formula is C18H19NO2. The molecule has 1 saturated carbocycles. The van der Waals surface area contributed by atoms with Gasteiger partial charge in [-0.05, 0) is 42.5 Å². The Kier molecular flexibility index (Phi) is 3.76. The second-order valence-electron chi connectivity index (χ2n) is 5.80. The van der Waals surface area contributed by atoms with Crippen LogP contribution in [0, 0.1) is 0 Å². The monoisotopic (exact) mass is 281 g/mol. The lowest BCUT2D eigenvalue weighted by Crippen LogP contribution is -2.32. The van der Waals surface area contributed by atoms with E-state index in [2.05, 4.69) is 29.6 Å². The van der Waals surface area contributed by atoms with Gasteiger partial charge < -0.3 is 10.4 Å². The number of carboxylic acid groups (broad SMARTS) is 1. The Hall–Kier alpha value is -2.13. The zero-order chi connectivity index (χ0) is 14.7. The highest BCUT2D eigenvalue weighted by atomic mass is 16.4. The standard InChI is InChI=1S/C18H19NO2/c20-17(21)16-8-6-15(7-9-16)13-19-18(10-11-18)12-14-4-2-1-3-5-14/h1-9,19H,10-13H2,(H,20,21). The lowest BCUT2D eigenvalue weighted by Gasteiger charge is -2.17. The molecular weight excluding hydrogens is 262 g/mol. The molecule has 2 N–H and O–H groups in total. The van der Waals surface area contributed by atoms with Crippen LogP contribution in [-0.2, 0) is 13.0 Å². The van der Waals surface area contributed by atoms with Crippen LogP contribution in [0.15, 0.2) is 54.6 Å². The molecule has 0 aromatic heterocycles. The molecule has 2 aromatic carbocycles. The largest absolute Gasteiger partial charge is 0.478 e. The van der Waals surface area contributed by atoms with Crippen molar-refractivity contribution in [1.29, 1.82) is 0 Å². The second kappa shape index (κ2) is 5.70. The van der Waals surface area contributed by atoms with E-state index in [0.717, 1.165) is 18.5 Å². The molecule has 0 heterocycles. The van der Waals surface area contributed by atoms with Gasteiger partial charge in [-0.3, -0.25) is 0 Å². The first-order chi connectivity index (χ1) is 10.2. The zero-order valence-corrected chi connectivity index (χ0v) is 11.9. The highest BCUT2D eigenvalue weighted by Crippen LogP contribution is 2.38. The van der Waals surface area contributed by atoms with Crippen molar-refractivity contribution in [3.05, 3.63) is 71.3 Å². The topological polar surface area (TPSA) is 49.3 Å². The van der Waals surface area contributed by atoms with Gasteiger partial charge in [0.1, 0.15) is 0 Å².